The quantitative estimate of drug-likeness (QED) is 0.167. The summed E-state index contributed by atoms with van der Waals surface area (Å²) in [6.07, 6.45) is 0. The van der Waals surface area contributed by atoms with Crippen molar-refractivity contribution in [1.29, 1.82) is 0 Å². The molecule has 1 aliphatic carbocycles. The number of furan rings is 1. The lowest BCUT2D eigenvalue weighted by molar-refractivity contribution is 0.657. The fraction of sp³-hybridized carbons (Fsp3) is 0.0588. The lowest BCUT2D eigenvalue weighted by Gasteiger charge is -2.21. The molecule has 12 rings (SSSR count). The third kappa shape index (κ3) is 3.82. The van der Waals surface area contributed by atoms with Gasteiger partial charge in [-0.05, 0) is 114 Å². The van der Waals surface area contributed by atoms with Gasteiger partial charge in [0.05, 0.1) is 11.0 Å². The van der Waals surface area contributed by atoms with Crippen LogP contribution >= 0.6 is 0 Å². The lowest BCUT2D eigenvalue weighted by atomic mass is 9.82. The molecule has 0 saturated carbocycles. The fourth-order valence-corrected chi connectivity index (χ4v) is 9.67. The molecule has 0 spiro atoms. The molecule has 11 aromatic rings. The van der Waals surface area contributed by atoms with Crippen molar-refractivity contribution in [1.82, 2.24) is 4.57 Å². The van der Waals surface area contributed by atoms with E-state index in [9.17, 15) is 0 Å². The largest absolute Gasteiger partial charge is 0.456 e. The van der Waals surface area contributed by atoms with Crippen LogP contribution in [0.2, 0.25) is 0 Å². The number of aromatic nitrogens is 1. The van der Waals surface area contributed by atoms with Crippen LogP contribution in [0.15, 0.2) is 168 Å². The standard InChI is InChI=1S/C51H33NO/c1-51(2)43-25-26-48-50(39-16-8-10-18-47(39)53-48)49(43)42-28-41-38-15-7-9-17-45(38)52(46(41)29-44(42)51)32-22-19-30(20-23-32)31-21-24-37-35-13-4-3-11-33(35)34-12-5-6-14-36(34)40(37)27-31/h3-29H,1-2H3. The maximum absolute atomic E-state index is 6.37. The molecule has 0 aliphatic heterocycles. The highest BCUT2D eigenvalue weighted by atomic mass is 16.3. The highest BCUT2D eigenvalue weighted by molar-refractivity contribution is 6.26. The van der Waals surface area contributed by atoms with Gasteiger partial charge in [0, 0.05) is 32.6 Å². The van der Waals surface area contributed by atoms with Gasteiger partial charge >= 0.3 is 0 Å². The Hall–Kier alpha value is -6.64. The summed E-state index contributed by atoms with van der Waals surface area (Å²) in [5.41, 5.74) is 13.1. The maximum Gasteiger partial charge on any atom is 0.136 e. The number of para-hydroxylation sites is 2. The Balaban J connectivity index is 1.04. The number of hydrogen-bond acceptors (Lipinski definition) is 1. The van der Waals surface area contributed by atoms with Crippen molar-refractivity contribution in [3.8, 4) is 27.9 Å². The first-order chi connectivity index (χ1) is 26.0. The van der Waals surface area contributed by atoms with Crippen LogP contribution in [0.4, 0.5) is 0 Å². The van der Waals surface area contributed by atoms with Crippen LogP contribution in [0.1, 0.15) is 25.0 Å². The molecule has 0 N–H and O–H groups in total. The number of benzene rings is 9. The summed E-state index contributed by atoms with van der Waals surface area (Å²) in [7, 11) is 0. The second-order valence-corrected chi connectivity index (χ2v) is 15.3. The first kappa shape index (κ1) is 29.0. The van der Waals surface area contributed by atoms with E-state index in [1.165, 1.54) is 98.3 Å². The summed E-state index contributed by atoms with van der Waals surface area (Å²) in [5.74, 6) is 0. The van der Waals surface area contributed by atoms with E-state index < -0.39 is 0 Å². The molecule has 9 aromatic carbocycles. The summed E-state index contributed by atoms with van der Waals surface area (Å²) in [5, 5.41) is 12.7. The number of rotatable bonds is 2. The smallest absolute Gasteiger partial charge is 0.136 e. The van der Waals surface area contributed by atoms with Gasteiger partial charge in [-0.3, -0.25) is 0 Å². The van der Waals surface area contributed by atoms with Crippen LogP contribution in [-0.2, 0) is 5.41 Å². The van der Waals surface area contributed by atoms with Gasteiger partial charge in [0.25, 0.3) is 0 Å². The molecule has 0 unspecified atom stereocenters. The number of nitrogens with zero attached hydrogens (tertiary/aromatic N) is 1. The molecule has 53 heavy (non-hydrogen) atoms. The second-order valence-electron chi connectivity index (χ2n) is 15.3. The topological polar surface area (TPSA) is 18.1 Å². The molecule has 0 bridgehead atoms. The molecule has 248 valence electrons. The normalized spacial score (nSPS) is 13.6. The van der Waals surface area contributed by atoms with Crippen molar-refractivity contribution >= 4 is 76.1 Å². The van der Waals surface area contributed by atoms with Crippen molar-refractivity contribution in [3.05, 3.63) is 175 Å². The van der Waals surface area contributed by atoms with Crippen molar-refractivity contribution < 1.29 is 4.42 Å². The Morgan fingerprint density at radius 2 is 1.02 bits per heavy atom. The monoisotopic (exact) mass is 675 g/mol. The van der Waals surface area contributed by atoms with Gasteiger partial charge in [-0.15, -0.1) is 0 Å². The van der Waals surface area contributed by atoms with Crippen LogP contribution in [0, 0.1) is 0 Å². The van der Waals surface area contributed by atoms with Crippen LogP contribution in [0.5, 0.6) is 0 Å². The second kappa shape index (κ2) is 10.2. The zero-order valence-electron chi connectivity index (χ0n) is 29.4. The van der Waals surface area contributed by atoms with Crippen LogP contribution in [0.3, 0.4) is 0 Å². The summed E-state index contributed by atoms with van der Waals surface area (Å²) in [4.78, 5) is 0. The van der Waals surface area contributed by atoms with Gasteiger partial charge in [0.2, 0.25) is 0 Å². The van der Waals surface area contributed by atoms with Crippen molar-refractivity contribution in [2.75, 3.05) is 0 Å². The van der Waals surface area contributed by atoms with Crippen molar-refractivity contribution in [2.45, 2.75) is 19.3 Å². The molecular weight excluding hydrogens is 643 g/mol. The predicted octanol–water partition coefficient (Wildman–Crippen LogP) is 14.1. The first-order valence-corrected chi connectivity index (χ1v) is 18.5. The lowest BCUT2D eigenvalue weighted by Crippen LogP contribution is -2.15. The summed E-state index contributed by atoms with van der Waals surface area (Å²) < 4.78 is 8.83. The van der Waals surface area contributed by atoms with E-state index >= 15 is 0 Å². The molecule has 0 radical (unpaired) electrons. The molecular formula is C51H33NO. The van der Waals surface area contributed by atoms with Crippen LogP contribution in [0.25, 0.3) is 104 Å². The fourth-order valence-electron chi connectivity index (χ4n) is 9.67. The van der Waals surface area contributed by atoms with Crippen molar-refractivity contribution in [2.24, 2.45) is 0 Å². The zero-order valence-corrected chi connectivity index (χ0v) is 29.4. The molecule has 2 aromatic heterocycles. The zero-order chi connectivity index (χ0) is 35.0. The van der Waals surface area contributed by atoms with Gasteiger partial charge in [0.15, 0.2) is 0 Å². The molecule has 2 heteroatoms. The third-order valence-electron chi connectivity index (χ3n) is 12.2. The average Bonchev–Trinajstić information content (AvgIpc) is 3.82. The maximum atomic E-state index is 6.37. The van der Waals surface area contributed by atoms with Crippen LogP contribution < -0.4 is 0 Å². The molecule has 1 aliphatic rings. The van der Waals surface area contributed by atoms with E-state index in [2.05, 4.69) is 182 Å². The molecule has 0 amide bonds. The minimum absolute atomic E-state index is 0.165. The molecule has 2 heterocycles. The molecule has 0 fully saturated rings. The Morgan fingerprint density at radius 3 is 1.75 bits per heavy atom. The first-order valence-electron chi connectivity index (χ1n) is 18.5. The Bertz CT molecular complexity index is 3320. The molecule has 2 nitrogen and oxygen atoms in total. The SMILES string of the molecule is CC1(C)c2cc3c(cc2-c2c1ccc1oc4ccccc4c21)c1ccccc1n3-c1ccc(-c2ccc3c4ccccc4c4ccccc4c3c2)cc1. The Labute approximate surface area is 306 Å². The summed E-state index contributed by atoms with van der Waals surface area (Å²) in [6, 6.07) is 60.4. The summed E-state index contributed by atoms with van der Waals surface area (Å²) >= 11 is 0. The number of fused-ring (bicyclic) bond motifs is 16. The van der Waals surface area contributed by atoms with E-state index in [-0.39, 0.29) is 5.41 Å². The van der Waals surface area contributed by atoms with Gasteiger partial charge in [0.1, 0.15) is 11.2 Å². The predicted molar refractivity (Wildman–Crippen MR) is 224 cm³/mol. The van der Waals surface area contributed by atoms with E-state index in [0.717, 1.165) is 16.9 Å². The van der Waals surface area contributed by atoms with Crippen LogP contribution in [-0.4, -0.2) is 4.57 Å². The molecule has 0 atom stereocenters. The minimum atomic E-state index is -0.165. The Kier molecular flexibility index (Phi) is 5.60. The summed E-state index contributed by atoms with van der Waals surface area (Å²) in [6.45, 7) is 4.74. The van der Waals surface area contributed by atoms with E-state index in [1.54, 1.807) is 0 Å². The third-order valence-corrected chi connectivity index (χ3v) is 12.2. The van der Waals surface area contributed by atoms with Gasteiger partial charge in [-0.1, -0.05) is 129 Å². The highest BCUT2D eigenvalue weighted by Crippen LogP contribution is 2.54. The number of hydrogen-bond donors (Lipinski definition) is 0. The van der Waals surface area contributed by atoms with E-state index in [4.69, 9.17) is 4.42 Å². The highest BCUT2D eigenvalue weighted by Gasteiger charge is 2.38. The molecule has 0 saturated heterocycles. The van der Waals surface area contributed by atoms with Gasteiger partial charge in [-0.25, -0.2) is 0 Å². The van der Waals surface area contributed by atoms with E-state index in [1.807, 2.05) is 0 Å². The van der Waals surface area contributed by atoms with Crippen molar-refractivity contribution in [3.63, 3.8) is 0 Å². The average molecular weight is 676 g/mol. The Morgan fingerprint density at radius 1 is 0.415 bits per heavy atom. The minimum Gasteiger partial charge on any atom is -0.456 e. The van der Waals surface area contributed by atoms with E-state index in [0.29, 0.717) is 0 Å². The van der Waals surface area contributed by atoms with Gasteiger partial charge < -0.3 is 8.98 Å². The van der Waals surface area contributed by atoms with Gasteiger partial charge in [-0.2, -0.15) is 0 Å².